The Balaban J connectivity index is 2.13. The van der Waals surface area contributed by atoms with Gasteiger partial charge in [0, 0.05) is 6.07 Å². The van der Waals surface area contributed by atoms with E-state index in [4.69, 9.17) is 4.74 Å². The second kappa shape index (κ2) is 6.08. The van der Waals surface area contributed by atoms with Crippen LogP contribution in [-0.4, -0.2) is 51.3 Å². The third-order valence-corrected chi connectivity index (χ3v) is 4.18. The Morgan fingerprint density at radius 1 is 1.35 bits per heavy atom. The number of carbonyl (C=O) groups excluding carboxylic acids is 1. The van der Waals surface area contributed by atoms with Crippen molar-refractivity contribution < 1.29 is 19.4 Å². The van der Waals surface area contributed by atoms with Gasteiger partial charge in [0.2, 0.25) is 5.88 Å². The van der Waals surface area contributed by atoms with Crippen LogP contribution in [0.1, 0.15) is 23.3 Å². The SMILES string of the molecule is COc1ccc(C(=O)NC2(C(=O)O)CCSCC2)nn1. The standard InChI is InChI=1S/C12H15N3O4S/c1-19-9-3-2-8(14-15-9)10(16)13-12(11(17)18)4-6-20-7-5-12/h2-3H,4-7H2,1H3,(H,13,16)(H,17,18). The van der Waals surface area contributed by atoms with Crippen LogP contribution in [0.4, 0.5) is 0 Å². The van der Waals surface area contributed by atoms with Gasteiger partial charge in [-0.05, 0) is 30.4 Å². The first kappa shape index (κ1) is 14.6. The van der Waals surface area contributed by atoms with Crippen LogP contribution < -0.4 is 10.1 Å². The smallest absolute Gasteiger partial charge is 0.329 e. The average molecular weight is 297 g/mol. The number of aromatic nitrogens is 2. The first-order valence-electron chi connectivity index (χ1n) is 6.09. The van der Waals surface area contributed by atoms with Crippen molar-refractivity contribution in [2.24, 2.45) is 0 Å². The normalized spacial score (nSPS) is 17.2. The van der Waals surface area contributed by atoms with Crippen molar-refractivity contribution in [1.82, 2.24) is 15.5 Å². The molecule has 1 aliphatic rings. The van der Waals surface area contributed by atoms with E-state index in [0.717, 1.165) is 0 Å². The van der Waals surface area contributed by atoms with Crippen molar-refractivity contribution in [3.63, 3.8) is 0 Å². The van der Waals surface area contributed by atoms with E-state index in [9.17, 15) is 14.7 Å². The number of carboxylic acids is 1. The summed E-state index contributed by atoms with van der Waals surface area (Å²) in [5, 5.41) is 19.4. The maximum absolute atomic E-state index is 12.1. The summed E-state index contributed by atoms with van der Waals surface area (Å²) in [6, 6.07) is 2.96. The number of aliphatic carboxylic acids is 1. The second-order valence-corrected chi connectivity index (χ2v) is 5.64. The fourth-order valence-corrected chi connectivity index (χ4v) is 3.13. The number of nitrogens with one attached hydrogen (secondary N) is 1. The summed E-state index contributed by atoms with van der Waals surface area (Å²) in [6.45, 7) is 0. The molecular weight excluding hydrogens is 282 g/mol. The lowest BCUT2D eigenvalue weighted by Crippen LogP contribution is -2.56. The molecule has 0 unspecified atom stereocenters. The molecule has 0 saturated carbocycles. The molecule has 1 aromatic heterocycles. The number of carbonyl (C=O) groups is 2. The Morgan fingerprint density at radius 2 is 2.05 bits per heavy atom. The number of methoxy groups -OCH3 is 1. The third kappa shape index (κ3) is 3.01. The van der Waals surface area contributed by atoms with Gasteiger partial charge in [0.25, 0.3) is 5.91 Å². The minimum atomic E-state index is -1.20. The number of nitrogens with zero attached hydrogens (tertiary/aromatic N) is 2. The summed E-state index contributed by atoms with van der Waals surface area (Å²) in [7, 11) is 1.45. The quantitative estimate of drug-likeness (QED) is 0.837. The highest BCUT2D eigenvalue weighted by molar-refractivity contribution is 7.99. The van der Waals surface area contributed by atoms with E-state index in [1.54, 1.807) is 11.8 Å². The molecule has 0 spiro atoms. The lowest BCUT2D eigenvalue weighted by atomic mass is 9.92. The van der Waals surface area contributed by atoms with Crippen LogP contribution in [0, 0.1) is 0 Å². The summed E-state index contributed by atoms with van der Waals surface area (Å²) in [5.41, 5.74) is -1.13. The maximum Gasteiger partial charge on any atom is 0.329 e. The Labute approximate surface area is 120 Å². The highest BCUT2D eigenvalue weighted by Gasteiger charge is 2.41. The van der Waals surface area contributed by atoms with Crippen LogP contribution >= 0.6 is 11.8 Å². The lowest BCUT2D eigenvalue weighted by molar-refractivity contribution is -0.144. The largest absolute Gasteiger partial charge is 0.480 e. The molecule has 1 amide bonds. The summed E-state index contributed by atoms with van der Waals surface area (Å²) in [4.78, 5) is 23.6. The molecule has 1 fully saturated rings. The molecule has 2 rings (SSSR count). The average Bonchev–Trinajstić information content (AvgIpc) is 2.48. The van der Waals surface area contributed by atoms with Crippen molar-refractivity contribution >= 4 is 23.6 Å². The molecule has 8 heteroatoms. The molecule has 2 N–H and O–H groups in total. The molecule has 0 atom stereocenters. The molecule has 1 saturated heterocycles. The predicted octanol–water partition coefficient (Wildman–Crippen LogP) is 0.565. The highest BCUT2D eigenvalue weighted by atomic mass is 32.2. The van der Waals surface area contributed by atoms with Crippen molar-refractivity contribution in [2.45, 2.75) is 18.4 Å². The Morgan fingerprint density at radius 3 is 2.55 bits per heavy atom. The maximum atomic E-state index is 12.1. The van der Waals surface area contributed by atoms with Crippen LogP contribution in [0.3, 0.4) is 0 Å². The molecule has 0 radical (unpaired) electrons. The predicted molar refractivity (Wildman–Crippen MR) is 73.0 cm³/mol. The molecule has 1 aromatic rings. The fraction of sp³-hybridized carbons (Fsp3) is 0.500. The number of ether oxygens (including phenoxy) is 1. The van der Waals surface area contributed by atoms with Gasteiger partial charge in [-0.15, -0.1) is 10.2 Å². The first-order valence-corrected chi connectivity index (χ1v) is 7.24. The van der Waals surface area contributed by atoms with Crippen LogP contribution in [0.15, 0.2) is 12.1 Å². The highest BCUT2D eigenvalue weighted by Crippen LogP contribution is 2.27. The van der Waals surface area contributed by atoms with Crippen LogP contribution in [0.2, 0.25) is 0 Å². The fourth-order valence-electron chi connectivity index (χ4n) is 1.94. The van der Waals surface area contributed by atoms with Gasteiger partial charge in [-0.3, -0.25) is 4.79 Å². The molecule has 2 heterocycles. The van der Waals surface area contributed by atoms with Gasteiger partial charge in [0.1, 0.15) is 5.54 Å². The zero-order valence-electron chi connectivity index (χ0n) is 11.0. The van der Waals surface area contributed by atoms with Gasteiger partial charge >= 0.3 is 5.97 Å². The van der Waals surface area contributed by atoms with Gasteiger partial charge in [0.05, 0.1) is 7.11 Å². The molecule has 0 aliphatic carbocycles. The number of hydrogen-bond donors (Lipinski definition) is 2. The second-order valence-electron chi connectivity index (χ2n) is 4.41. The number of carboxylic acid groups (broad SMARTS) is 1. The summed E-state index contributed by atoms with van der Waals surface area (Å²) in [6.07, 6.45) is 0.810. The molecule has 7 nitrogen and oxygen atoms in total. The van der Waals surface area contributed by atoms with Crippen LogP contribution in [0.5, 0.6) is 5.88 Å². The summed E-state index contributed by atoms with van der Waals surface area (Å²) < 4.78 is 4.85. The summed E-state index contributed by atoms with van der Waals surface area (Å²) >= 11 is 1.68. The zero-order valence-corrected chi connectivity index (χ0v) is 11.8. The Kier molecular flexibility index (Phi) is 4.43. The Bertz CT molecular complexity index is 500. The summed E-state index contributed by atoms with van der Waals surface area (Å²) in [5.74, 6) is 0.174. The van der Waals surface area contributed by atoms with E-state index in [1.807, 2.05) is 0 Å². The molecule has 20 heavy (non-hydrogen) atoms. The van der Waals surface area contributed by atoms with E-state index < -0.39 is 17.4 Å². The van der Waals surface area contributed by atoms with E-state index in [0.29, 0.717) is 30.2 Å². The molecule has 1 aliphatic heterocycles. The molecule has 108 valence electrons. The van der Waals surface area contributed by atoms with Crippen molar-refractivity contribution in [3.05, 3.63) is 17.8 Å². The van der Waals surface area contributed by atoms with Gasteiger partial charge in [-0.2, -0.15) is 11.8 Å². The Hall–Kier alpha value is -1.83. The molecule has 0 bridgehead atoms. The van der Waals surface area contributed by atoms with Gasteiger partial charge < -0.3 is 15.2 Å². The van der Waals surface area contributed by atoms with Gasteiger partial charge in [0.15, 0.2) is 5.69 Å². The van der Waals surface area contributed by atoms with Crippen molar-refractivity contribution in [2.75, 3.05) is 18.6 Å². The topological polar surface area (TPSA) is 101 Å². The minimum absolute atomic E-state index is 0.0738. The zero-order chi connectivity index (χ0) is 14.6. The van der Waals surface area contributed by atoms with Gasteiger partial charge in [-0.25, -0.2) is 4.79 Å². The number of hydrogen-bond acceptors (Lipinski definition) is 6. The van der Waals surface area contributed by atoms with Crippen molar-refractivity contribution in [3.8, 4) is 5.88 Å². The van der Waals surface area contributed by atoms with E-state index in [2.05, 4.69) is 15.5 Å². The lowest BCUT2D eigenvalue weighted by Gasteiger charge is -2.33. The number of amides is 1. The number of thioether (sulfide) groups is 1. The molecular formula is C12H15N3O4S. The van der Waals surface area contributed by atoms with E-state index in [1.165, 1.54) is 19.2 Å². The number of rotatable bonds is 4. The van der Waals surface area contributed by atoms with E-state index >= 15 is 0 Å². The first-order chi connectivity index (χ1) is 9.57. The van der Waals surface area contributed by atoms with Crippen LogP contribution in [0.25, 0.3) is 0 Å². The van der Waals surface area contributed by atoms with E-state index in [-0.39, 0.29) is 5.69 Å². The van der Waals surface area contributed by atoms with Crippen LogP contribution in [-0.2, 0) is 4.79 Å². The third-order valence-electron chi connectivity index (χ3n) is 3.19. The minimum Gasteiger partial charge on any atom is -0.480 e. The molecule has 0 aromatic carbocycles. The van der Waals surface area contributed by atoms with Crippen molar-refractivity contribution in [1.29, 1.82) is 0 Å². The van der Waals surface area contributed by atoms with Gasteiger partial charge in [-0.1, -0.05) is 0 Å². The monoisotopic (exact) mass is 297 g/mol.